The van der Waals surface area contributed by atoms with Crippen LogP contribution in [0.4, 0.5) is 5.69 Å². The molecular weight excluding hydrogens is 799 g/mol. The zero-order valence-corrected chi connectivity index (χ0v) is 41.1. The molecular formula is C63H103N3. The van der Waals surface area contributed by atoms with E-state index in [1.165, 1.54) is 105 Å². The van der Waals surface area contributed by atoms with Crippen LogP contribution in [0, 0.1) is 34.6 Å². The van der Waals surface area contributed by atoms with Crippen molar-refractivity contribution >= 4 is 27.4 Å². The van der Waals surface area contributed by atoms with Crippen LogP contribution >= 0.6 is 0 Å². The van der Waals surface area contributed by atoms with Crippen molar-refractivity contribution in [2.24, 2.45) is 0 Å². The van der Waals surface area contributed by atoms with Crippen LogP contribution in [0.2, 0.25) is 0 Å². The normalized spacial score (nSPS) is 10.0. The van der Waals surface area contributed by atoms with Crippen molar-refractivity contribution in [1.29, 1.82) is 0 Å². The number of pyridine rings is 2. The molecule has 2 aliphatic rings. The van der Waals surface area contributed by atoms with E-state index in [9.17, 15) is 0 Å². The third-order valence-corrected chi connectivity index (χ3v) is 9.61. The minimum Gasteiger partial charge on any atom is -0.385 e. The molecule has 3 nitrogen and oxygen atoms in total. The van der Waals surface area contributed by atoms with Gasteiger partial charge in [-0.05, 0) is 142 Å². The van der Waals surface area contributed by atoms with Gasteiger partial charge in [-0.2, -0.15) is 0 Å². The quantitative estimate of drug-likeness (QED) is 0.165. The number of aromatic nitrogens is 2. The summed E-state index contributed by atoms with van der Waals surface area (Å²) in [5.74, 6) is 0. The molecule has 5 aromatic carbocycles. The number of nitrogens with zero attached hydrogens (tertiary/aromatic N) is 2. The molecule has 0 radical (unpaired) electrons. The Morgan fingerprint density at radius 2 is 0.864 bits per heavy atom. The highest BCUT2D eigenvalue weighted by atomic mass is 14.9. The Morgan fingerprint density at radius 1 is 0.379 bits per heavy atom. The second-order valence-electron chi connectivity index (χ2n) is 13.5. The summed E-state index contributed by atoms with van der Waals surface area (Å²) < 4.78 is 0. The monoisotopic (exact) mass is 902 g/mol. The molecule has 2 aromatic heterocycles. The third-order valence-electron chi connectivity index (χ3n) is 9.61. The highest BCUT2D eigenvalue weighted by Crippen LogP contribution is 2.24. The number of hydrogen-bond acceptors (Lipinski definition) is 3. The number of nitrogens with one attached hydrogen (secondary N) is 1. The maximum atomic E-state index is 4.38. The van der Waals surface area contributed by atoms with Gasteiger partial charge in [0.2, 0.25) is 0 Å². The predicted octanol–water partition coefficient (Wildman–Crippen LogP) is 20.6. The van der Waals surface area contributed by atoms with Gasteiger partial charge in [-0.15, -0.1) is 0 Å². The molecule has 7 aromatic rings. The summed E-state index contributed by atoms with van der Waals surface area (Å²) in [6.07, 6.45) is 11.4. The Hall–Kier alpha value is -5.28. The lowest BCUT2D eigenvalue weighted by Crippen LogP contribution is -2.12. The number of rotatable bonds is 0. The van der Waals surface area contributed by atoms with Crippen LogP contribution in [0.25, 0.3) is 21.7 Å². The molecule has 0 unspecified atom stereocenters. The first-order chi connectivity index (χ1) is 29.9. The molecule has 9 rings (SSSR count). The maximum Gasteiger partial charge on any atom is 0.0704 e. The molecule has 0 saturated carbocycles. The summed E-state index contributed by atoms with van der Waals surface area (Å²) in [6, 6.07) is 43.9. The number of anilines is 1. The summed E-state index contributed by atoms with van der Waals surface area (Å²) in [7, 11) is 0. The molecule has 0 bridgehead atoms. The van der Waals surface area contributed by atoms with Crippen LogP contribution in [0.3, 0.4) is 0 Å². The van der Waals surface area contributed by atoms with E-state index in [-0.39, 0.29) is 37.1 Å². The SMILES string of the molecule is C.C.C.C.C.CC.CC.CC.CC.CC.Cc1cccc2c1CCCN2.Cc1cccc2ccccc12.Cc1cccc2ncccc12.Cc1ccccc1.Cc1ccnc2c1CCCC2. The third kappa shape index (κ3) is 26.0. The van der Waals surface area contributed by atoms with Crippen molar-refractivity contribution in [3.63, 3.8) is 0 Å². The molecule has 0 amide bonds. The smallest absolute Gasteiger partial charge is 0.0704 e. The second-order valence-corrected chi connectivity index (χ2v) is 13.5. The Bertz CT molecular complexity index is 1970. The minimum atomic E-state index is 0. The molecule has 3 heteroatoms. The number of fused-ring (bicyclic) bond motifs is 4. The van der Waals surface area contributed by atoms with Crippen molar-refractivity contribution in [1.82, 2.24) is 9.97 Å². The van der Waals surface area contributed by atoms with Gasteiger partial charge >= 0.3 is 0 Å². The summed E-state index contributed by atoms with van der Waals surface area (Å²) in [4.78, 5) is 8.62. The van der Waals surface area contributed by atoms with Crippen molar-refractivity contribution < 1.29 is 0 Å². The van der Waals surface area contributed by atoms with Gasteiger partial charge in [0.1, 0.15) is 0 Å². The van der Waals surface area contributed by atoms with Crippen LogP contribution in [0.1, 0.15) is 170 Å². The number of hydrogen-bond donors (Lipinski definition) is 1. The van der Waals surface area contributed by atoms with E-state index >= 15 is 0 Å². The molecule has 1 N–H and O–H groups in total. The highest BCUT2D eigenvalue weighted by molar-refractivity contribution is 5.85. The Kier molecular flexibility index (Phi) is 50.7. The van der Waals surface area contributed by atoms with Crippen molar-refractivity contribution in [2.45, 2.75) is 180 Å². The van der Waals surface area contributed by atoms with E-state index in [4.69, 9.17) is 0 Å². The average Bonchev–Trinajstić information content (AvgIpc) is 3.34. The van der Waals surface area contributed by atoms with Crippen molar-refractivity contribution in [2.75, 3.05) is 11.9 Å². The first kappa shape index (κ1) is 72.3. The lowest BCUT2D eigenvalue weighted by atomic mass is 9.93. The van der Waals surface area contributed by atoms with Gasteiger partial charge in [-0.3, -0.25) is 9.97 Å². The van der Waals surface area contributed by atoms with E-state index in [0.29, 0.717) is 0 Å². The minimum absolute atomic E-state index is 0. The topological polar surface area (TPSA) is 37.8 Å². The van der Waals surface area contributed by atoms with E-state index in [1.54, 1.807) is 0 Å². The molecule has 0 fully saturated rings. The van der Waals surface area contributed by atoms with Gasteiger partial charge in [0.15, 0.2) is 0 Å². The lowest BCUT2D eigenvalue weighted by Gasteiger charge is -2.19. The van der Waals surface area contributed by atoms with E-state index in [1.807, 2.05) is 118 Å². The highest BCUT2D eigenvalue weighted by Gasteiger charge is 2.11. The van der Waals surface area contributed by atoms with Gasteiger partial charge in [-0.1, -0.05) is 215 Å². The first-order valence-electron chi connectivity index (χ1n) is 23.4. The number of benzene rings is 5. The van der Waals surface area contributed by atoms with Gasteiger partial charge in [0.05, 0.1) is 5.52 Å². The van der Waals surface area contributed by atoms with Crippen molar-refractivity contribution in [3.05, 3.63) is 184 Å². The van der Waals surface area contributed by atoms with E-state index in [2.05, 4.69) is 141 Å². The fourth-order valence-electron chi connectivity index (χ4n) is 6.66. The molecule has 370 valence electrons. The molecule has 0 atom stereocenters. The largest absolute Gasteiger partial charge is 0.385 e. The van der Waals surface area contributed by atoms with E-state index in [0.717, 1.165) is 12.1 Å². The Labute approximate surface area is 411 Å². The van der Waals surface area contributed by atoms with Gasteiger partial charge in [-0.25, -0.2) is 0 Å². The maximum absolute atomic E-state index is 4.38. The summed E-state index contributed by atoms with van der Waals surface area (Å²) >= 11 is 0. The average molecular weight is 903 g/mol. The zero-order valence-electron chi connectivity index (χ0n) is 41.1. The Balaban J connectivity index is -0.000000160. The van der Waals surface area contributed by atoms with Gasteiger partial charge in [0, 0.05) is 35.7 Å². The second kappa shape index (κ2) is 46.3. The molecule has 3 heterocycles. The molecule has 66 heavy (non-hydrogen) atoms. The van der Waals surface area contributed by atoms with E-state index < -0.39 is 0 Å². The van der Waals surface area contributed by atoms with Gasteiger partial charge in [0.25, 0.3) is 0 Å². The van der Waals surface area contributed by atoms with Crippen LogP contribution < -0.4 is 5.32 Å². The predicted molar refractivity (Wildman–Crippen MR) is 310 cm³/mol. The molecule has 1 aliphatic heterocycles. The van der Waals surface area contributed by atoms with Crippen LogP contribution in [0.5, 0.6) is 0 Å². The fraction of sp³-hybridized carbons (Fsp3) is 0.429. The van der Waals surface area contributed by atoms with Gasteiger partial charge < -0.3 is 5.32 Å². The molecule has 0 spiro atoms. The van der Waals surface area contributed by atoms with Crippen LogP contribution in [0.15, 0.2) is 140 Å². The van der Waals surface area contributed by atoms with Crippen LogP contribution in [-0.2, 0) is 19.3 Å². The van der Waals surface area contributed by atoms with Crippen LogP contribution in [-0.4, -0.2) is 16.5 Å². The zero-order chi connectivity index (χ0) is 45.8. The summed E-state index contributed by atoms with van der Waals surface area (Å²) in [5, 5.41) is 7.33. The number of aryl methyl sites for hydroxylation is 6. The molecule has 1 aliphatic carbocycles. The first-order valence-corrected chi connectivity index (χ1v) is 23.4. The summed E-state index contributed by atoms with van der Waals surface area (Å²) in [6.45, 7) is 31.8. The van der Waals surface area contributed by atoms with Crippen molar-refractivity contribution in [3.8, 4) is 0 Å². The Morgan fingerprint density at radius 3 is 1.42 bits per heavy atom. The molecule has 0 saturated heterocycles. The lowest BCUT2D eigenvalue weighted by molar-refractivity contribution is 0.664. The standard InChI is InChI=1S/C11H10.C10H13N.C10H9N.C10H13N.C7H8.5C2H6.5CH4/c1-9-5-4-7-10-6-2-3-8-11(9)10;2*1-8-4-2-6-10-9(8)5-3-7-11-10;1-8-6-7-11-10-5-3-2-4-9(8)10;1-7-5-3-2-4-6-7;5*1-2;;;;;/h2-8H,1H3;2,4,6,11H,3,5,7H2,1H3;2-7H,1H3;6-7H,2-5H2,1H3;2-6H,1H3;5*1-2H3;5*1H4. The summed E-state index contributed by atoms with van der Waals surface area (Å²) in [5.41, 5.74) is 13.6. The fourth-order valence-corrected chi connectivity index (χ4v) is 6.66.